The molecular formula is C39H44ClN7O5S. The molecule has 2 aromatic carbocycles. The number of aryl methyl sites for hydroxylation is 1. The molecule has 0 saturated heterocycles. The van der Waals surface area contributed by atoms with E-state index in [0.29, 0.717) is 41.5 Å². The summed E-state index contributed by atoms with van der Waals surface area (Å²) in [6.07, 6.45) is 12.8. The summed E-state index contributed by atoms with van der Waals surface area (Å²) < 4.78 is 40.3. The highest BCUT2D eigenvalue weighted by Crippen LogP contribution is 2.47. The second-order valence-electron chi connectivity index (χ2n) is 14.9. The molecule has 0 radical (unpaired) electrons. The number of carbonyl (C=O) groups excluding carboxylic acids is 1. The molecule has 1 N–H and O–H groups in total. The number of nitrogens with zero attached hydrogens (tertiary/aromatic N) is 6. The molecule has 12 nitrogen and oxygen atoms in total. The Morgan fingerprint density at radius 1 is 1.11 bits per heavy atom. The number of methoxy groups -OCH3 is 2. The normalized spacial score (nSPS) is 29.1. The van der Waals surface area contributed by atoms with E-state index in [2.05, 4.69) is 58.2 Å². The number of halogens is 1. The molecule has 6 atom stereocenters. The van der Waals surface area contributed by atoms with Gasteiger partial charge in [-0.15, -0.1) is 4.36 Å². The van der Waals surface area contributed by atoms with Gasteiger partial charge >= 0.3 is 6.01 Å². The molecule has 8 rings (SSSR count). The number of rotatable bonds is 4. The van der Waals surface area contributed by atoms with Crippen molar-refractivity contribution in [3.63, 3.8) is 0 Å². The number of aromatic nitrogens is 4. The fourth-order valence-electron chi connectivity index (χ4n) is 8.53. The molecule has 0 unspecified atom stereocenters. The summed E-state index contributed by atoms with van der Waals surface area (Å²) in [4.78, 5) is 33.7. The summed E-state index contributed by atoms with van der Waals surface area (Å²) in [6, 6.07) is 11.8. The highest BCUT2D eigenvalue weighted by molar-refractivity contribution is 7.95. The zero-order valence-electron chi connectivity index (χ0n) is 30.2. The summed E-state index contributed by atoms with van der Waals surface area (Å²) in [5, 5.41) is 1.17. The molecule has 1 amide bonds. The zero-order valence-corrected chi connectivity index (χ0v) is 31.7. The van der Waals surface area contributed by atoms with Crippen LogP contribution in [0.5, 0.6) is 11.8 Å². The Labute approximate surface area is 315 Å². The van der Waals surface area contributed by atoms with Crippen LogP contribution in [0.25, 0.3) is 11.0 Å². The fraction of sp³-hybridized carbons (Fsp3) is 0.462. The molecule has 1 spiro atoms. The summed E-state index contributed by atoms with van der Waals surface area (Å²) in [5.41, 5.74) is 3.77. The first kappa shape index (κ1) is 35.7. The third kappa shape index (κ3) is 7.06. The second-order valence-corrected chi connectivity index (χ2v) is 17.3. The number of carbonyl (C=O) groups is 1. The molecule has 53 heavy (non-hydrogen) atoms. The van der Waals surface area contributed by atoms with E-state index < -0.39 is 15.8 Å². The van der Waals surface area contributed by atoms with Crippen molar-refractivity contribution >= 4 is 50.0 Å². The average Bonchev–Trinajstić information content (AvgIpc) is 3.28. The lowest BCUT2D eigenvalue weighted by Crippen LogP contribution is -2.49. The van der Waals surface area contributed by atoms with Crippen molar-refractivity contribution in [1.29, 1.82) is 0 Å². The fourth-order valence-corrected chi connectivity index (χ4v) is 10.7. The number of ether oxygens (including phenoxy) is 3. The Kier molecular flexibility index (Phi) is 9.75. The monoisotopic (exact) mass is 757 g/mol. The standard InChI is InChI=1S/C39H44ClN7O5S/c1-24-6-4-8-33(50-2)29-12-9-27(29)19-47-21-39(15-5-7-25-16-28(40)11-13-31(25)39)22-52-34-14-10-26(17-32(34)47)37(48)46-53(49,20-24)45-36-30-18-41-38(51-3)44-35(30)42-23-43-36/h4,8,10-11,13-14,16-18,23-24,27,29,33H,5-7,9,12,15,19-22H2,1-3H3,(H,41,42,43,44,45,46,48,49)/b8-4+/t24-,27-,29+,33-,39-,53+/m0/s1. The minimum Gasteiger partial charge on any atom is -0.490 e. The van der Waals surface area contributed by atoms with Gasteiger partial charge in [0.05, 0.1) is 36.6 Å². The first-order chi connectivity index (χ1) is 25.7. The molecule has 2 aliphatic heterocycles. The molecule has 2 aromatic heterocycles. The Morgan fingerprint density at radius 2 is 2.00 bits per heavy atom. The van der Waals surface area contributed by atoms with Crippen LogP contribution in [0.1, 0.15) is 60.5 Å². The largest absolute Gasteiger partial charge is 0.490 e. The van der Waals surface area contributed by atoms with Crippen molar-refractivity contribution in [2.24, 2.45) is 22.1 Å². The van der Waals surface area contributed by atoms with Crippen LogP contribution in [0.15, 0.2) is 65.4 Å². The lowest BCUT2D eigenvalue weighted by atomic mass is 9.68. The number of hydrogen-bond donors (Lipinski definition) is 1. The van der Waals surface area contributed by atoms with Crippen molar-refractivity contribution in [3.8, 4) is 11.8 Å². The summed E-state index contributed by atoms with van der Waals surface area (Å²) in [7, 11) is -0.182. The Hall–Kier alpha value is -4.33. The van der Waals surface area contributed by atoms with Gasteiger partial charge in [-0.2, -0.15) is 4.98 Å². The topological polar surface area (TPSA) is 141 Å². The van der Waals surface area contributed by atoms with Crippen LogP contribution in [0.4, 0.5) is 11.5 Å². The number of amides is 1. The molecule has 14 heteroatoms. The van der Waals surface area contributed by atoms with Gasteiger partial charge in [-0.25, -0.2) is 19.2 Å². The van der Waals surface area contributed by atoms with Gasteiger partial charge in [0.15, 0.2) is 11.5 Å². The van der Waals surface area contributed by atoms with E-state index in [4.69, 9.17) is 25.8 Å². The lowest BCUT2D eigenvalue weighted by Gasteiger charge is -2.46. The number of nitrogens with one attached hydrogen (secondary N) is 1. The van der Waals surface area contributed by atoms with Crippen LogP contribution >= 0.6 is 11.6 Å². The maximum absolute atomic E-state index is 14.9. The van der Waals surface area contributed by atoms with Crippen LogP contribution in [0.2, 0.25) is 5.02 Å². The number of benzene rings is 2. The summed E-state index contributed by atoms with van der Waals surface area (Å²) in [6.45, 7) is 4.03. The third-order valence-electron chi connectivity index (χ3n) is 11.3. The van der Waals surface area contributed by atoms with E-state index >= 15 is 0 Å². The number of anilines is 2. The molecule has 2 bridgehead atoms. The van der Waals surface area contributed by atoms with E-state index in [0.717, 1.165) is 61.7 Å². The minimum atomic E-state index is -3.43. The van der Waals surface area contributed by atoms with Crippen molar-refractivity contribution in [3.05, 3.63) is 82.8 Å². The average molecular weight is 758 g/mol. The van der Waals surface area contributed by atoms with Crippen LogP contribution in [0, 0.1) is 17.8 Å². The van der Waals surface area contributed by atoms with Crippen LogP contribution in [-0.4, -0.2) is 75.8 Å². The van der Waals surface area contributed by atoms with Crippen molar-refractivity contribution in [2.45, 2.75) is 57.0 Å². The molecule has 1 fully saturated rings. The van der Waals surface area contributed by atoms with E-state index in [1.807, 2.05) is 25.1 Å². The molecule has 4 aliphatic rings. The van der Waals surface area contributed by atoms with Crippen LogP contribution in [0.3, 0.4) is 0 Å². The van der Waals surface area contributed by atoms with Crippen LogP contribution in [-0.2, 0) is 26.5 Å². The molecule has 4 aromatic rings. The highest BCUT2D eigenvalue weighted by Gasteiger charge is 2.44. The molecule has 278 valence electrons. The lowest BCUT2D eigenvalue weighted by molar-refractivity contribution is 0.0131. The van der Waals surface area contributed by atoms with Crippen LogP contribution < -0.4 is 19.1 Å². The van der Waals surface area contributed by atoms with Gasteiger partial charge in [0, 0.05) is 42.4 Å². The first-order valence-electron chi connectivity index (χ1n) is 18.2. The Bertz CT molecular complexity index is 2210. The SMILES string of the molecule is COc1ncc2c(N[S@@]3(=O)=NC(=O)c4ccc5c(c4)N(C[C@@H]4CC[C@H]4[C@@H](OC)/C=C/C[C@H](C)C3)C[C@@]3(CCCc4cc(Cl)ccc43)CO5)ncnc2n1. The number of hydrogen-bond acceptors (Lipinski definition) is 10. The minimum absolute atomic E-state index is 0.0486. The maximum atomic E-state index is 14.9. The van der Waals surface area contributed by atoms with Gasteiger partial charge in [-0.1, -0.05) is 36.7 Å². The van der Waals surface area contributed by atoms with E-state index in [1.165, 1.54) is 30.8 Å². The Balaban J connectivity index is 1.22. The van der Waals surface area contributed by atoms with Crippen molar-refractivity contribution in [2.75, 3.05) is 49.3 Å². The first-order valence-corrected chi connectivity index (χ1v) is 20.3. The van der Waals surface area contributed by atoms with Gasteiger partial charge < -0.3 is 19.1 Å². The molecule has 1 saturated carbocycles. The third-order valence-corrected chi connectivity index (χ3v) is 13.6. The molecular weight excluding hydrogens is 714 g/mol. The molecule has 2 aliphatic carbocycles. The maximum Gasteiger partial charge on any atom is 0.318 e. The van der Waals surface area contributed by atoms with Gasteiger partial charge in [0.1, 0.15) is 22.0 Å². The van der Waals surface area contributed by atoms with E-state index in [-0.39, 0.29) is 35.0 Å². The molecule has 4 heterocycles. The van der Waals surface area contributed by atoms with Crippen molar-refractivity contribution in [1.82, 2.24) is 19.9 Å². The summed E-state index contributed by atoms with van der Waals surface area (Å²) >= 11 is 6.47. The highest BCUT2D eigenvalue weighted by atomic mass is 35.5. The zero-order chi connectivity index (χ0) is 36.7. The quantitative estimate of drug-likeness (QED) is 0.220. The smallest absolute Gasteiger partial charge is 0.318 e. The van der Waals surface area contributed by atoms with Crippen molar-refractivity contribution < 1.29 is 23.2 Å². The second kappa shape index (κ2) is 14.5. The van der Waals surface area contributed by atoms with Gasteiger partial charge in [0.25, 0.3) is 5.91 Å². The Morgan fingerprint density at radius 3 is 2.81 bits per heavy atom. The summed E-state index contributed by atoms with van der Waals surface area (Å²) in [5.74, 6) is 1.07. The predicted molar refractivity (Wildman–Crippen MR) is 205 cm³/mol. The van der Waals surface area contributed by atoms with Gasteiger partial charge in [-0.05, 0) is 97.7 Å². The number of allylic oxidation sites excluding steroid dienone is 1. The predicted octanol–water partition coefficient (Wildman–Crippen LogP) is 6.83. The van der Waals surface area contributed by atoms with E-state index in [9.17, 15) is 9.00 Å². The van der Waals surface area contributed by atoms with Gasteiger partial charge in [0.2, 0.25) is 0 Å². The number of fused-ring (bicyclic) bond motifs is 5. The van der Waals surface area contributed by atoms with E-state index in [1.54, 1.807) is 13.2 Å². The van der Waals surface area contributed by atoms with Gasteiger partial charge in [-0.3, -0.25) is 9.52 Å².